The van der Waals surface area contributed by atoms with E-state index in [1.807, 2.05) is 0 Å². The first kappa shape index (κ1) is 8.39. The third-order valence-electron chi connectivity index (χ3n) is 1.20. The Morgan fingerprint density at radius 2 is 2.50 bits per heavy atom. The molecule has 0 spiro atoms. The van der Waals surface area contributed by atoms with Gasteiger partial charge in [-0.25, -0.2) is 14.8 Å². The maximum absolute atomic E-state index is 10.6. The van der Waals surface area contributed by atoms with Crippen LogP contribution in [0, 0.1) is 0 Å². The van der Waals surface area contributed by atoms with Crippen molar-refractivity contribution in [1.82, 2.24) is 9.97 Å². The molecule has 0 atom stereocenters. The van der Waals surface area contributed by atoms with E-state index >= 15 is 0 Å². The Hall–Kier alpha value is -1.71. The summed E-state index contributed by atoms with van der Waals surface area (Å²) in [6.45, 7) is 0. The van der Waals surface area contributed by atoms with E-state index in [1.165, 1.54) is 19.5 Å². The van der Waals surface area contributed by atoms with Gasteiger partial charge in [0.1, 0.15) is 6.33 Å². The standard InChI is InChI=1S/C8H8N2O2/c1-12-8(11)3-2-7-4-5-9-6-10-7/h2-6H,1H3. The molecule has 0 saturated heterocycles. The number of methoxy groups -OCH3 is 1. The van der Waals surface area contributed by atoms with Crippen LogP contribution >= 0.6 is 0 Å². The van der Waals surface area contributed by atoms with E-state index in [1.54, 1.807) is 18.3 Å². The molecule has 0 unspecified atom stereocenters. The zero-order valence-electron chi connectivity index (χ0n) is 6.60. The van der Waals surface area contributed by atoms with Crippen LogP contribution in [0.2, 0.25) is 0 Å². The van der Waals surface area contributed by atoms with Crippen LogP contribution in [0.15, 0.2) is 24.7 Å². The molecule has 1 rings (SSSR count). The van der Waals surface area contributed by atoms with Gasteiger partial charge in [-0.3, -0.25) is 0 Å². The molecule has 0 amide bonds. The minimum Gasteiger partial charge on any atom is -0.466 e. The minimum absolute atomic E-state index is 0.395. The maximum atomic E-state index is 10.6. The van der Waals surface area contributed by atoms with Gasteiger partial charge >= 0.3 is 5.97 Å². The van der Waals surface area contributed by atoms with Crippen LogP contribution in [0.3, 0.4) is 0 Å². The molecular formula is C8H8N2O2. The van der Waals surface area contributed by atoms with Crippen molar-refractivity contribution in [2.75, 3.05) is 7.11 Å². The Balaban J connectivity index is 2.64. The molecule has 62 valence electrons. The Bertz CT molecular complexity index is 282. The summed E-state index contributed by atoms with van der Waals surface area (Å²) in [4.78, 5) is 18.2. The highest BCUT2D eigenvalue weighted by molar-refractivity contribution is 5.86. The highest BCUT2D eigenvalue weighted by Crippen LogP contribution is 1.94. The van der Waals surface area contributed by atoms with E-state index in [2.05, 4.69) is 14.7 Å². The van der Waals surface area contributed by atoms with Gasteiger partial charge in [-0.2, -0.15) is 0 Å². The highest BCUT2D eigenvalue weighted by Gasteiger charge is 1.90. The molecule has 0 N–H and O–H groups in total. The molecule has 4 heteroatoms. The van der Waals surface area contributed by atoms with Gasteiger partial charge in [0.25, 0.3) is 0 Å². The van der Waals surface area contributed by atoms with Gasteiger partial charge in [-0.1, -0.05) is 0 Å². The number of esters is 1. The number of aromatic nitrogens is 2. The van der Waals surface area contributed by atoms with Gasteiger partial charge in [0.2, 0.25) is 0 Å². The molecule has 12 heavy (non-hydrogen) atoms. The number of hydrogen-bond acceptors (Lipinski definition) is 4. The summed E-state index contributed by atoms with van der Waals surface area (Å²) in [6.07, 6.45) is 5.89. The molecule has 1 aromatic rings. The van der Waals surface area contributed by atoms with Crippen LogP contribution in [0.5, 0.6) is 0 Å². The second-order valence-corrected chi connectivity index (χ2v) is 1.99. The molecule has 4 nitrogen and oxygen atoms in total. The monoisotopic (exact) mass is 164 g/mol. The molecule has 0 aliphatic carbocycles. The predicted molar refractivity (Wildman–Crippen MR) is 43.1 cm³/mol. The summed E-state index contributed by atoms with van der Waals surface area (Å²) >= 11 is 0. The lowest BCUT2D eigenvalue weighted by Crippen LogP contribution is -1.93. The Labute approximate surface area is 69.9 Å². The molecule has 1 heterocycles. The van der Waals surface area contributed by atoms with Crippen molar-refractivity contribution in [3.8, 4) is 0 Å². The average molecular weight is 164 g/mol. The van der Waals surface area contributed by atoms with Crippen LogP contribution in [-0.2, 0) is 9.53 Å². The Morgan fingerprint density at radius 3 is 3.08 bits per heavy atom. The average Bonchev–Trinajstić information content (AvgIpc) is 2.16. The largest absolute Gasteiger partial charge is 0.466 e. The molecule has 0 radical (unpaired) electrons. The maximum Gasteiger partial charge on any atom is 0.330 e. The van der Waals surface area contributed by atoms with Gasteiger partial charge in [-0.15, -0.1) is 0 Å². The first-order valence-corrected chi connectivity index (χ1v) is 3.35. The highest BCUT2D eigenvalue weighted by atomic mass is 16.5. The van der Waals surface area contributed by atoms with Crippen molar-refractivity contribution in [2.24, 2.45) is 0 Å². The summed E-state index contributed by atoms with van der Waals surface area (Å²) in [5.74, 6) is -0.395. The lowest BCUT2D eigenvalue weighted by molar-refractivity contribution is -0.134. The van der Waals surface area contributed by atoms with Crippen molar-refractivity contribution in [2.45, 2.75) is 0 Å². The third kappa shape index (κ3) is 2.49. The van der Waals surface area contributed by atoms with Crippen molar-refractivity contribution in [1.29, 1.82) is 0 Å². The fraction of sp³-hybridized carbons (Fsp3) is 0.125. The zero-order valence-corrected chi connectivity index (χ0v) is 6.60. The van der Waals surface area contributed by atoms with Crippen LogP contribution in [0.4, 0.5) is 0 Å². The fourth-order valence-corrected chi connectivity index (χ4v) is 0.621. The van der Waals surface area contributed by atoms with Gasteiger partial charge in [-0.05, 0) is 12.1 Å². The number of carbonyl (C=O) groups excluding carboxylic acids is 1. The molecule has 0 aliphatic rings. The SMILES string of the molecule is COC(=O)C=Cc1ccncn1. The third-order valence-corrected chi connectivity index (χ3v) is 1.20. The normalized spacial score (nSPS) is 10.1. The molecular weight excluding hydrogens is 156 g/mol. The lowest BCUT2D eigenvalue weighted by Gasteiger charge is -1.90. The second-order valence-electron chi connectivity index (χ2n) is 1.99. The second kappa shape index (κ2) is 4.23. The summed E-state index contributed by atoms with van der Waals surface area (Å²) in [7, 11) is 1.33. The van der Waals surface area contributed by atoms with Crippen molar-refractivity contribution in [3.05, 3.63) is 30.4 Å². The minimum atomic E-state index is -0.395. The van der Waals surface area contributed by atoms with Gasteiger partial charge in [0.05, 0.1) is 12.8 Å². The molecule has 0 saturated carbocycles. The van der Waals surface area contributed by atoms with Crippen LogP contribution < -0.4 is 0 Å². The van der Waals surface area contributed by atoms with E-state index in [0.717, 1.165) is 0 Å². The first-order chi connectivity index (χ1) is 5.83. The smallest absolute Gasteiger partial charge is 0.330 e. The van der Waals surface area contributed by atoms with Crippen molar-refractivity contribution >= 4 is 12.0 Å². The van der Waals surface area contributed by atoms with E-state index in [0.29, 0.717) is 5.69 Å². The fourth-order valence-electron chi connectivity index (χ4n) is 0.621. The summed E-state index contributed by atoms with van der Waals surface area (Å²) in [5.41, 5.74) is 0.676. The van der Waals surface area contributed by atoms with E-state index < -0.39 is 5.97 Å². The lowest BCUT2D eigenvalue weighted by atomic mass is 10.3. The number of nitrogens with zero attached hydrogens (tertiary/aromatic N) is 2. The molecule has 0 aliphatic heterocycles. The van der Waals surface area contributed by atoms with Crippen LogP contribution in [0.1, 0.15) is 5.69 Å². The Morgan fingerprint density at radius 1 is 1.67 bits per heavy atom. The first-order valence-electron chi connectivity index (χ1n) is 3.35. The summed E-state index contributed by atoms with van der Waals surface area (Å²) < 4.78 is 4.40. The summed E-state index contributed by atoms with van der Waals surface area (Å²) in [6, 6.07) is 1.69. The quantitative estimate of drug-likeness (QED) is 0.476. The van der Waals surface area contributed by atoms with E-state index in [-0.39, 0.29) is 0 Å². The molecule has 0 aromatic carbocycles. The van der Waals surface area contributed by atoms with Gasteiger partial charge in [0, 0.05) is 12.3 Å². The van der Waals surface area contributed by atoms with E-state index in [4.69, 9.17) is 0 Å². The topological polar surface area (TPSA) is 52.1 Å². The number of rotatable bonds is 2. The molecule has 0 bridgehead atoms. The van der Waals surface area contributed by atoms with Crippen molar-refractivity contribution < 1.29 is 9.53 Å². The Kier molecular flexibility index (Phi) is 2.95. The van der Waals surface area contributed by atoms with Crippen LogP contribution in [0.25, 0.3) is 6.08 Å². The van der Waals surface area contributed by atoms with Gasteiger partial charge in [0.15, 0.2) is 0 Å². The molecule has 0 fully saturated rings. The number of carbonyl (C=O) groups is 1. The predicted octanol–water partition coefficient (Wildman–Crippen LogP) is 0.663. The van der Waals surface area contributed by atoms with Gasteiger partial charge < -0.3 is 4.74 Å². The summed E-state index contributed by atoms with van der Waals surface area (Å²) in [5, 5.41) is 0. The number of ether oxygens (including phenoxy) is 1. The molecule has 1 aromatic heterocycles. The number of hydrogen-bond donors (Lipinski definition) is 0. The zero-order chi connectivity index (χ0) is 8.81. The van der Waals surface area contributed by atoms with Crippen LogP contribution in [-0.4, -0.2) is 23.0 Å². The van der Waals surface area contributed by atoms with E-state index in [9.17, 15) is 4.79 Å². The van der Waals surface area contributed by atoms with Crippen molar-refractivity contribution in [3.63, 3.8) is 0 Å².